The highest BCUT2D eigenvalue weighted by molar-refractivity contribution is 9.11. The molecule has 0 amide bonds. The molecule has 0 aliphatic heterocycles. The van der Waals surface area contributed by atoms with Crippen LogP contribution in [0.2, 0.25) is 0 Å². The monoisotopic (exact) mass is 370 g/mol. The number of methoxy groups -OCH3 is 1. The number of hydrogen-bond acceptors (Lipinski definition) is 3. The zero-order chi connectivity index (χ0) is 13.0. The van der Waals surface area contributed by atoms with Gasteiger partial charge in [0, 0.05) is 33.4 Å². The molecule has 1 N–H and O–H groups in total. The first kappa shape index (κ1) is 13.4. The minimum atomic E-state index is 0.628. The van der Waals surface area contributed by atoms with Crippen molar-refractivity contribution in [3.8, 4) is 5.88 Å². The van der Waals surface area contributed by atoms with E-state index in [2.05, 4.69) is 42.2 Å². The fourth-order valence-corrected chi connectivity index (χ4v) is 2.65. The molecule has 0 aliphatic carbocycles. The largest absolute Gasteiger partial charge is 0.481 e. The molecule has 0 aliphatic rings. The van der Waals surface area contributed by atoms with Gasteiger partial charge in [-0.15, -0.1) is 0 Å². The van der Waals surface area contributed by atoms with Gasteiger partial charge in [0.15, 0.2) is 0 Å². The molecular weight excluding hydrogens is 360 g/mol. The standard InChI is InChI=1S/C13H12Br2N2O/c1-18-13-5-2-9(8-17-13)7-16-12-4-3-10(14)6-11(12)15/h2-6,8,16H,7H2,1H3. The van der Waals surface area contributed by atoms with E-state index in [4.69, 9.17) is 4.74 Å². The second-order valence-corrected chi connectivity index (χ2v) is 5.46. The van der Waals surface area contributed by atoms with Gasteiger partial charge in [0.05, 0.1) is 7.11 Å². The summed E-state index contributed by atoms with van der Waals surface area (Å²) in [4.78, 5) is 4.16. The summed E-state index contributed by atoms with van der Waals surface area (Å²) in [6.07, 6.45) is 1.80. The minimum absolute atomic E-state index is 0.628. The zero-order valence-electron chi connectivity index (χ0n) is 9.78. The van der Waals surface area contributed by atoms with Crippen LogP contribution in [0, 0.1) is 0 Å². The Labute approximate surface area is 123 Å². The van der Waals surface area contributed by atoms with E-state index < -0.39 is 0 Å². The van der Waals surface area contributed by atoms with Crippen molar-refractivity contribution in [3.05, 3.63) is 51.0 Å². The van der Waals surface area contributed by atoms with Crippen LogP contribution in [0.25, 0.3) is 0 Å². The summed E-state index contributed by atoms with van der Waals surface area (Å²) >= 11 is 6.94. The van der Waals surface area contributed by atoms with Crippen molar-refractivity contribution >= 4 is 37.5 Å². The fraction of sp³-hybridized carbons (Fsp3) is 0.154. The van der Waals surface area contributed by atoms with Crippen LogP contribution >= 0.6 is 31.9 Å². The molecule has 1 aromatic heterocycles. The molecular formula is C13H12Br2N2O. The lowest BCUT2D eigenvalue weighted by atomic mass is 10.2. The Morgan fingerprint density at radius 3 is 2.67 bits per heavy atom. The van der Waals surface area contributed by atoms with E-state index in [1.807, 2.05) is 30.3 Å². The second kappa shape index (κ2) is 6.20. The minimum Gasteiger partial charge on any atom is -0.481 e. The van der Waals surface area contributed by atoms with Crippen LogP contribution in [0.4, 0.5) is 5.69 Å². The van der Waals surface area contributed by atoms with Crippen molar-refractivity contribution in [1.82, 2.24) is 4.98 Å². The third-order valence-corrected chi connectivity index (χ3v) is 3.57. The number of benzene rings is 1. The van der Waals surface area contributed by atoms with Gasteiger partial charge in [0.25, 0.3) is 0 Å². The first-order valence-corrected chi connectivity index (χ1v) is 6.95. The summed E-state index contributed by atoms with van der Waals surface area (Å²) in [6, 6.07) is 9.87. The number of nitrogens with zero attached hydrogens (tertiary/aromatic N) is 1. The summed E-state index contributed by atoms with van der Waals surface area (Å²) in [5, 5.41) is 3.35. The molecule has 0 radical (unpaired) electrons. The van der Waals surface area contributed by atoms with E-state index in [1.54, 1.807) is 13.3 Å². The number of hydrogen-bond donors (Lipinski definition) is 1. The zero-order valence-corrected chi connectivity index (χ0v) is 13.0. The van der Waals surface area contributed by atoms with Crippen LogP contribution in [-0.4, -0.2) is 12.1 Å². The smallest absolute Gasteiger partial charge is 0.212 e. The molecule has 0 fully saturated rings. The maximum Gasteiger partial charge on any atom is 0.212 e. The molecule has 0 spiro atoms. The number of halogens is 2. The number of nitrogens with one attached hydrogen (secondary N) is 1. The van der Waals surface area contributed by atoms with Crippen molar-refractivity contribution in [2.45, 2.75) is 6.54 Å². The fourth-order valence-electron chi connectivity index (χ4n) is 1.47. The van der Waals surface area contributed by atoms with E-state index in [0.29, 0.717) is 5.88 Å². The summed E-state index contributed by atoms with van der Waals surface area (Å²) in [5.41, 5.74) is 2.15. The van der Waals surface area contributed by atoms with Gasteiger partial charge in [-0.05, 0) is 39.7 Å². The van der Waals surface area contributed by atoms with Gasteiger partial charge in [0.2, 0.25) is 5.88 Å². The van der Waals surface area contributed by atoms with E-state index in [-0.39, 0.29) is 0 Å². The molecule has 94 valence electrons. The Bertz CT molecular complexity index is 529. The molecule has 0 atom stereocenters. The topological polar surface area (TPSA) is 34.1 Å². The Morgan fingerprint density at radius 2 is 2.06 bits per heavy atom. The molecule has 1 heterocycles. The summed E-state index contributed by atoms with van der Waals surface area (Å²) in [7, 11) is 1.61. The van der Waals surface area contributed by atoms with Gasteiger partial charge in [0.1, 0.15) is 0 Å². The molecule has 3 nitrogen and oxygen atoms in total. The average Bonchev–Trinajstić information content (AvgIpc) is 2.38. The Morgan fingerprint density at radius 1 is 1.22 bits per heavy atom. The van der Waals surface area contributed by atoms with Crippen LogP contribution in [0.3, 0.4) is 0 Å². The average molecular weight is 372 g/mol. The highest BCUT2D eigenvalue weighted by Crippen LogP contribution is 2.26. The van der Waals surface area contributed by atoms with Crippen molar-refractivity contribution < 1.29 is 4.74 Å². The van der Waals surface area contributed by atoms with E-state index in [0.717, 1.165) is 26.7 Å². The van der Waals surface area contributed by atoms with Crippen molar-refractivity contribution in [3.63, 3.8) is 0 Å². The third-order valence-electron chi connectivity index (χ3n) is 2.42. The summed E-state index contributed by atoms with van der Waals surface area (Å²) in [6.45, 7) is 0.719. The third kappa shape index (κ3) is 3.46. The lowest BCUT2D eigenvalue weighted by Gasteiger charge is -2.09. The Kier molecular flexibility index (Phi) is 4.60. The van der Waals surface area contributed by atoms with Crippen molar-refractivity contribution in [2.75, 3.05) is 12.4 Å². The van der Waals surface area contributed by atoms with Crippen LogP contribution in [0.5, 0.6) is 5.88 Å². The number of anilines is 1. The molecule has 0 saturated carbocycles. The van der Waals surface area contributed by atoms with E-state index in [1.165, 1.54) is 0 Å². The molecule has 2 rings (SSSR count). The SMILES string of the molecule is COc1ccc(CNc2ccc(Br)cc2Br)cn1. The van der Waals surface area contributed by atoms with Gasteiger partial charge in [-0.25, -0.2) is 4.98 Å². The predicted molar refractivity (Wildman–Crippen MR) is 80.0 cm³/mol. The molecule has 0 bridgehead atoms. The van der Waals surface area contributed by atoms with E-state index >= 15 is 0 Å². The molecule has 2 aromatic rings. The lowest BCUT2D eigenvalue weighted by Crippen LogP contribution is -2.00. The number of pyridine rings is 1. The number of aromatic nitrogens is 1. The molecule has 18 heavy (non-hydrogen) atoms. The quantitative estimate of drug-likeness (QED) is 0.873. The molecule has 1 aromatic carbocycles. The lowest BCUT2D eigenvalue weighted by molar-refractivity contribution is 0.397. The van der Waals surface area contributed by atoms with E-state index in [9.17, 15) is 0 Å². The van der Waals surface area contributed by atoms with Gasteiger partial charge < -0.3 is 10.1 Å². The van der Waals surface area contributed by atoms with Crippen molar-refractivity contribution in [1.29, 1.82) is 0 Å². The maximum absolute atomic E-state index is 5.02. The maximum atomic E-state index is 5.02. The number of rotatable bonds is 4. The number of ether oxygens (including phenoxy) is 1. The first-order valence-electron chi connectivity index (χ1n) is 5.37. The summed E-state index contributed by atoms with van der Waals surface area (Å²) < 4.78 is 7.09. The Balaban J connectivity index is 2.02. The molecule has 5 heteroatoms. The summed E-state index contributed by atoms with van der Waals surface area (Å²) in [5.74, 6) is 0.628. The van der Waals surface area contributed by atoms with Crippen molar-refractivity contribution in [2.24, 2.45) is 0 Å². The first-order chi connectivity index (χ1) is 8.69. The Hall–Kier alpha value is -1.07. The van der Waals surface area contributed by atoms with Gasteiger partial charge in [-0.3, -0.25) is 0 Å². The highest BCUT2D eigenvalue weighted by Gasteiger charge is 2.01. The van der Waals surface area contributed by atoms with Crippen LogP contribution < -0.4 is 10.1 Å². The van der Waals surface area contributed by atoms with Crippen LogP contribution in [0.15, 0.2) is 45.5 Å². The predicted octanol–water partition coefficient (Wildman–Crippen LogP) is 4.23. The normalized spacial score (nSPS) is 10.2. The highest BCUT2D eigenvalue weighted by atomic mass is 79.9. The molecule has 0 unspecified atom stereocenters. The molecule has 0 saturated heterocycles. The van der Waals surface area contributed by atoms with Gasteiger partial charge in [-0.2, -0.15) is 0 Å². The van der Waals surface area contributed by atoms with Gasteiger partial charge >= 0.3 is 0 Å². The van der Waals surface area contributed by atoms with Crippen LogP contribution in [0.1, 0.15) is 5.56 Å². The van der Waals surface area contributed by atoms with Crippen LogP contribution in [-0.2, 0) is 6.54 Å². The van der Waals surface area contributed by atoms with Gasteiger partial charge in [-0.1, -0.05) is 22.0 Å². The second-order valence-electron chi connectivity index (χ2n) is 3.69.